The van der Waals surface area contributed by atoms with Gasteiger partial charge in [-0.05, 0) is 6.07 Å². The summed E-state index contributed by atoms with van der Waals surface area (Å²) in [5.41, 5.74) is -1.15. The number of benzene rings is 1. The molecule has 0 bridgehead atoms. The zero-order chi connectivity index (χ0) is 14.4. The van der Waals surface area contributed by atoms with E-state index in [0.717, 1.165) is 18.3 Å². The third-order valence-corrected chi connectivity index (χ3v) is 3.32. The number of aromatic carboxylic acids is 1. The molecule has 1 saturated heterocycles. The van der Waals surface area contributed by atoms with Crippen molar-refractivity contribution in [1.82, 2.24) is 4.57 Å². The number of carbonyl (C=O) groups is 1. The Morgan fingerprint density at radius 1 is 1.30 bits per heavy atom. The number of rotatable bonds is 2. The van der Waals surface area contributed by atoms with E-state index < -0.39 is 28.6 Å². The molecule has 1 fully saturated rings. The van der Waals surface area contributed by atoms with Crippen molar-refractivity contribution in [3.8, 4) is 0 Å². The van der Waals surface area contributed by atoms with Crippen LogP contribution in [-0.4, -0.2) is 28.9 Å². The summed E-state index contributed by atoms with van der Waals surface area (Å²) in [4.78, 5) is 23.1. The zero-order valence-electron chi connectivity index (χ0n) is 10.1. The number of nitrogens with zero attached hydrogens (tertiary/aromatic N) is 1. The van der Waals surface area contributed by atoms with Crippen LogP contribution in [0.4, 0.5) is 8.78 Å². The maximum absolute atomic E-state index is 13.4. The summed E-state index contributed by atoms with van der Waals surface area (Å²) < 4.78 is 33.1. The second-order valence-corrected chi connectivity index (χ2v) is 4.56. The van der Waals surface area contributed by atoms with Crippen molar-refractivity contribution in [2.24, 2.45) is 0 Å². The normalized spacial score (nSPS) is 15.3. The molecule has 3 rings (SSSR count). The van der Waals surface area contributed by atoms with Gasteiger partial charge in [0.25, 0.3) is 0 Å². The van der Waals surface area contributed by atoms with Gasteiger partial charge >= 0.3 is 5.97 Å². The van der Waals surface area contributed by atoms with Crippen LogP contribution in [0.2, 0.25) is 0 Å². The lowest BCUT2D eigenvalue weighted by atomic mass is 10.1. The summed E-state index contributed by atoms with van der Waals surface area (Å²) in [6.07, 6.45) is 1.15. The minimum Gasteiger partial charge on any atom is -0.477 e. The Morgan fingerprint density at radius 2 is 1.95 bits per heavy atom. The number of carboxylic acids is 1. The van der Waals surface area contributed by atoms with E-state index in [9.17, 15) is 18.4 Å². The maximum Gasteiger partial charge on any atom is 0.341 e. The lowest BCUT2D eigenvalue weighted by Gasteiger charge is -2.30. The molecule has 0 radical (unpaired) electrons. The number of hydrogen-bond donors (Lipinski definition) is 1. The molecule has 2 heterocycles. The van der Waals surface area contributed by atoms with E-state index in [0.29, 0.717) is 13.2 Å². The number of pyridine rings is 1. The van der Waals surface area contributed by atoms with Crippen molar-refractivity contribution in [2.45, 2.75) is 6.04 Å². The van der Waals surface area contributed by atoms with Gasteiger partial charge < -0.3 is 14.4 Å². The smallest absolute Gasteiger partial charge is 0.341 e. The topological polar surface area (TPSA) is 68.5 Å². The van der Waals surface area contributed by atoms with Crippen LogP contribution in [-0.2, 0) is 4.74 Å². The lowest BCUT2D eigenvalue weighted by Crippen LogP contribution is -2.33. The number of aromatic nitrogens is 1. The highest BCUT2D eigenvalue weighted by Crippen LogP contribution is 2.24. The number of halogens is 2. The average Bonchev–Trinajstić information content (AvgIpc) is 2.32. The number of hydrogen-bond acceptors (Lipinski definition) is 3. The molecule has 20 heavy (non-hydrogen) atoms. The van der Waals surface area contributed by atoms with Gasteiger partial charge in [-0.25, -0.2) is 13.6 Å². The molecular weight excluding hydrogens is 272 g/mol. The van der Waals surface area contributed by atoms with E-state index in [1.54, 1.807) is 0 Å². The molecule has 1 aliphatic heterocycles. The van der Waals surface area contributed by atoms with Gasteiger partial charge in [0.15, 0.2) is 11.6 Å². The van der Waals surface area contributed by atoms with Crippen LogP contribution >= 0.6 is 0 Å². The minimum absolute atomic E-state index is 0.157. The first kappa shape index (κ1) is 12.7. The van der Waals surface area contributed by atoms with E-state index in [1.807, 2.05) is 0 Å². The van der Waals surface area contributed by atoms with Gasteiger partial charge in [0, 0.05) is 17.6 Å². The van der Waals surface area contributed by atoms with Gasteiger partial charge in [0.05, 0.1) is 24.8 Å². The summed E-state index contributed by atoms with van der Waals surface area (Å²) in [5.74, 6) is -3.68. The Morgan fingerprint density at radius 3 is 2.50 bits per heavy atom. The molecule has 104 valence electrons. The monoisotopic (exact) mass is 281 g/mol. The molecule has 5 nitrogen and oxygen atoms in total. The second-order valence-electron chi connectivity index (χ2n) is 4.56. The molecular formula is C13H9F2NO4. The fraction of sp³-hybridized carbons (Fsp3) is 0.231. The van der Waals surface area contributed by atoms with Crippen LogP contribution in [0.15, 0.2) is 23.1 Å². The predicted molar refractivity (Wildman–Crippen MR) is 64.9 cm³/mol. The first-order chi connectivity index (χ1) is 9.49. The van der Waals surface area contributed by atoms with Gasteiger partial charge in [-0.1, -0.05) is 0 Å². The number of carboxylic acid groups (broad SMARTS) is 1. The Labute approximate surface area is 111 Å². The number of ether oxygens (including phenoxy) is 1. The molecule has 2 aromatic rings. The van der Waals surface area contributed by atoms with Crippen LogP contribution in [0.1, 0.15) is 16.4 Å². The van der Waals surface area contributed by atoms with Gasteiger partial charge in [-0.15, -0.1) is 0 Å². The van der Waals surface area contributed by atoms with Crippen molar-refractivity contribution < 1.29 is 23.4 Å². The summed E-state index contributed by atoms with van der Waals surface area (Å²) >= 11 is 0. The van der Waals surface area contributed by atoms with E-state index in [-0.39, 0.29) is 16.9 Å². The first-order valence-electron chi connectivity index (χ1n) is 5.84. The van der Waals surface area contributed by atoms with Crippen molar-refractivity contribution in [1.29, 1.82) is 0 Å². The molecule has 1 aromatic carbocycles. The van der Waals surface area contributed by atoms with Gasteiger partial charge in [-0.3, -0.25) is 4.79 Å². The highest BCUT2D eigenvalue weighted by molar-refractivity contribution is 5.92. The molecule has 1 aromatic heterocycles. The number of fused-ring (bicyclic) bond motifs is 1. The molecule has 0 unspecified atom stereocenters. The Hall–Kier alpha value is -2.28. The van der Waals surface area contributed by atoms with Crippen LogP contribution in [0.3, 0.4) is 0 Å². The Balaban J connectivity index is 2.41. The standard InChI is InChI=1S/C13H9F2NO4/c14-9-1-7-11(2-10(9)15)16(6-4-20-5-6)3-8(12(7)17)13(18)19/h1-3,6H,4-5H2,(H,18,19). The van der Waals surface area contributed by atoms with E-state index in [4.69, 9.17) is 9.84 Å². The van der Waals surface area contributed by atoms with Crippen molar-refractivity contribution >= 4 is 16.9 Å². The molecule has 0 atom stereocenters. The van der Waals surface area contributed by atoms with Crippen molar-refractivity contribution in [3.63, 3.8) is 0 Å². The van der Waals surface area contributed by atoms with Crippen LogP contribution < -0.4 is 5.43 Å². The molecule has 1 N–H and O–H groups in total. The van der Waals surface area contributed by atoms with Gasteiger partial charge in [0.2, 0.25) is 5.43 Å². The van der Waals surface area contributed by atoms with Gasteiger partial charge in [0.1, 0.15) is 5.56 Å². The first-order valence-corrected chi connectivity index (χ1v) is 5.84. The van der Waals surface area contributed by atoms with Crippen molar-refractivity contribution in [3.05, 3.63) is 45.8 Å². The van der Waals surface area contributed by atoms with E-state index in [1.165, 1.54) is 4.57 Å². The largest absolute Gasteiger partial charge is 0.477 e. The molecule has 0 spiro atoms. The third kappa shape index (κ3) is 1.78. The quantitative estimate of drug-likeness (QED) is 0.906. The fourth-order valence-corrected chi connectivity index (χ4v) is 2.18. The van der Waals surface area contributed by atoms with E-state index in [2.05, 4.69) is 0 Å². The zero-order valence-corrected chi connectivity index (χ0v) is 10.1. The molecule has 7 heteroatoms. The fourth-order valence-electron chi connectivity index (χ4n) is 2.18. The third-order valence-electron chi connectivity index (χ3n) is 3.32. The van der Waals surface area contributed by atoms with Crippen LogP contribution in [0.5, 0.6) is 0 Å². The summed E-state index contributed by atoms with van der Waals surface area (Å²) in [7, 11) is 0. The SMILES string of the molecule is O=C(O)c1cn(C2COC2)c2cc(F)c(F)cc2c1=O. The van der Waals surface area contributed by atoms with E-state index >= 15 is 0 Å². The highest BCUT2D eigenvalue weighted by Gasteiger charge is 2.25. The molecule has 1 aliphatic rings. The lowest BCUT2D eigenvalue weighted by molar-refractivity contribution is -0.0217. The molecule has 0 aliphatic carbocycles. The average molecular weight is 281 g/mol. The Bertz CT molecular complexity index is 780. The second kappa shape index (κ2) is 4.38. The minimum atomic E-state index is -1.41. The summed E-state index contributed by atoms with van der Waals surface area (Å²) in [5, 5.41) is 8.88. The Kier molecular flexibility index (Phi) is 2.79. The van der Waals surface area contributed by atoms with Crippen LogP contribution in [0.25, 0.3) is 10.9 Å². The maximum atomic E-state index is 13.4. The molecule has 0 saturated carbocycles. The molecule has 0 amide bonds. The summed E-state index contributed by atoms with van der Waals surface area (Å²) in [6, 6.07) is 1.44. The van der Waals surface area contributed by atoms with Crippen molar-refractivity contribution in [2.75, 3.05) is 13.2 Å². The predicted octanol–water partition coefficient (Wildman–Crippen LogP) is 1.55. The summed E-state index contributed by atoms with van der Waals surface area (Å²) in [6.45, 7) is 0.659. The van der Waals surface area contributed by atoms with Crippen LogP contribution in [0, 0.1) is 11.6 Å². The highest BCUT2D eigenvalue weighted by atomic mass is 19.2. The van der Waals surface area contributed by atoms with Gasteiger partial charge in [-0.2, -0.15) is 0 Å².